The van der Waals surface area contributed by atoms with Crippen LogP contribution >= 0.6 is 23.2 Å². The number of halogens is 2. The minimum absolute atomic E-state index is 0.0178. The first kappa shape index (κ1) is 36.0. The van der Waals surface area contributed by atoms with E-state index in [4.69, 9.17) is 23.2 Å². The third-order valence-corrected chi connectivity index (χ3v) is 10.0. The maximum atomic E-state index is 14.7. The molecule has 4 aromatic rings. The Balaban J connectivity index is 1.86. The van der Waals surface area contributed by atoms with Crippen LogP contribution in [0.5, 0.6) is 0 Å². The maximum Gasteiger partial charge on any atom is 0.264 e. The largest absolute Gasteiger partial charge is 0.350 e. The number of carbonyl (C=O) groups excluding carboxylic acids is 2. The van der Waals surface area contributed by atoms with E-state index in [1.54, 1.807) is 42.5 Å². The number of hydrogen-bond donors (Lipinski definition) is 1. The summed E-state index contributed by atoms with van der Waals surface area (Å²) in [6.07, 6.45) is 0.198. The van der Waals surface area contributed by atoms with Gasteiger partial charge in [-0.2, -0.15) is 0 Å². The van der Waals surface area contributed by atoms with E-state index < -0.39 is 34.1 Å². The number of hydrogen-bond acceptors (Lipinski definition) is 4. The molecule has 4 aromatic carbocycles. The number of benzene rings is 4. The normalized spacial score (nSPS) is 12.3. The van der Waals surface area contributed by atoms with Gasteiger partial charge in [-0.25, -0.2) is 8.42 Å². The van der Waals surface area contributed by atoms with E-state index in [2.05, 4.69) is 5.32 Å². The minimum Gasteiger partial charge on any atom is -0.350 e. The fourth-order valence-corrected chi connectivity index (χ4v) is 7.02. The fourth-order valence-electron chi connectivity index (χ4n) is 5.30. The van der Waals surface area contributed by atoms with E-state index in [1.165, 1.54) is 17.0 Å². The van der Waals surface area contributed by atoms with Gasteiger partial charge < -0.3 is 10.2 Å². The summed E-state index contributed by atoms with van der Waals surface area (Å²) in [5.41, 5.74) is 3.82. The topological polar surface area (TPSA) is 86.8 Å². The van der Waals surface area contributed by atoms with Crippen LogP contribution in [0.4, 0.5) is 5.69 Å². The highest BCUT2D eigenvalue weighted by Crippen LogP contribution is 2.28. The molecule has 0 saturated carbocycles. The van der Waals surface area contributed by atoms with Gasteiger partial charge in [-0.1, -0.05) is 83.4 Å². The lowest BCUT2D eigenvalue weighted by atomic mass is 10.0. The highest BCUT2D eigenvalue weighted by Gasteiger charge is 2.35. The van der Waals surface area contributed by atoms with Gasteiger partial charge in [0.2, 0.25) is 11.8 Å². The van der Waals surface area contributed by atoms with Gasteiger partial charge in [0, 0.05) is 18.5 Å². The monoisotopic (exact) mass is 693 g/mol. The van der Waals surface area contributed by atoms with E-state index in [-0.39, 0.29) is 23.8 Å². The van der Waals surface area contributed by atoms with Gasteiger partial charge in [0.15, 0.2) is 0 Å². The molecule has 0 aliphatic carbocycles. The summed E-state index contributed by atoms with van der Waals surface area (Å²) in [6, 6.07) is 25.4. The van der Waals surface area contributed by atoms with Crippen molar-refractivity contribution in [2.24, 2.45) is 0 Å². The molecule has 0 spiro atoms. The van der Waals surface area contributed by atoms with Crippen LogP contribution in [0.1, 0.15) is 48.6 Å². The summed E-state index contributed by atoms with van der Waals surface area (Å²) < 4.78 is 29.7. The van der Waals surface area contributed by atoms with Crippen molar-refractivity contribution in [1.82, 2.24) is 10.2 Å². The van der Waals surface area contributed by atoms with Gasteiger partial charge in [-0.05, 0) is 100 Å². The number of carbonyl (C=O) groups is 2. The first-order valence-corrected chi connectivity index (χ1v) is 17.5. The van der Waals surface area contributed by atoms with E-state index in [9.17, 15) is 18.0 Å². The molecule has 0 heterocycles. The molecule has 0 saturated heterocycles. The van der Waals surface area contributed by atoms with Crippen LogP contribution in [0.2, 0.25) is 10.0 Å². The smallest absolute Gasteiger partial charge is 0.264 e. The van der Waals surface area contributed by atoms with E-state index in [0.29, 0.717) is 21.3 Å². The third kappa shape index (κ3) is 9.60. The number of rotatable bonds is 11. The van der Waals surface area contributed by atoms with Gasteiger partial charge in [-0.3, -0.25) is 13.9 Å². The molecule has 1 atom stereocenters. The highest BCUT2D eigenvalue weighted by molar-refractivity contribution is 7.92. The third-order valence-electron chi connectivity index (χ3n) is 7.49. The van der Waals surface area contributed by atoms with Crippen LogP contribution in [0, 0.1) is 20.8 Å². The molecule has 0 bridgehead atoms. The molecule has 0 radical (unpaired) electrons. The van der Waals surface area contributed by atoms with Gasteiger partial charge in [0.05, 0.1) is 20.6 Å². The van der Waals surface area contributed by atoms with Crippen molar-refractivity contribution in [2.75, 3.05) is 10.8 Å². The van der Waals surface area contributed by atoms with E-state index >= 15 is 0 Å². The van der Waals surface area contributed by atoms with Crippen molar-refractivity contribution in [1.29, 1.82) is 0 Å². The molecule has 0 aromatic heterocycles. The number of anilines is 1. The second-order valence-corrected chi connectivity index (χ2v) is 15.6. The number of nitrogens with zero attached hydrogens (tertiary/aromatic N) is 2. The van der Waals surface area contributed by atoms with E-state index in [1.807, 2.05) is 77.9 Å². The number of sulfonamides is 1. The Morgan fingerprint density at radius 3 is 1.96 bits per heavy atom. The Kier molecular flexibility index (Phi) is 11.4. The zero-order chi connectivity index (χ0) is 34.5. The Morgan fingerprint density at radius 2 is 1.38 bits per heavy atom. The quantitative estimate of drug-likeness (QED) is 0.175. The SMILES string of the molecule is Cc1ccc(S(=O)(=O)N(CC(=O)N(Cc2ccc(Cl)c(Cl)c2)C(Cc2ccccc2)C(=O)NC(C)(C)C)c2cc(C)cc(C)c2)cc1. The molecule has 0 aliphatic heterocycles. The minimum atomic E-state index is -4.21. The van der Waals surface area contributed by atoms with Gasteiger partial charge in [-0.15, -0.1) is 0 Å². The standard InChI is InChI=1S/C37H41Cl2N3O4S/c1-25-12-15-31(16-13-25)47(45,46)42(30-19-26(2)18-27(3)20-30)24-35(43)41(23-29-14-17-32(38)33(39)21-29)34(36(44)40-37(4,5)6)22-28-10-8-7-9-11-28/h7-21,34H,22-24H2,1-6H3,(H,40,44). The molecule has 1 unspecified atom stereocenters. The molecule has 7 nitrogen and oxygen atoms in total. The van der Waals surface area contributed by atoms with Crippen molar-refractivity contribution in [3.63, 3.8) is 0 Å². The molecule has 47 heavy (non-hydrogen) atoms. The zero-order valence-electron chi connectivity index (χ0n) is 27.6. The average molecular weight is 695 g/mol. The highest BCUT2D eigenvalue weighted by atomic mass is 35.5. The van der Waals surface area contributed by atoms with Crippen LogP contribution in [0.25, 0.3) is 0 Å². The Bertz CT molecular complexity index is 1820. The average Bonchev–Trinajstić information content (AvgIpc) is 2.98. The van der Waals surface area contributed by atoms with Crippen molar-refractivity contribution >= 4 is 50.7 Å². The lowest BCUT2D eigenvalue weighted by Crippen LogP contribution is -2.56. The molecule has 0 fully saturated rings. The molecule has 248 valence electrons. The number of amides is 2. The molecule has 1 N–H and O–H groups in total. The van der Waals surface area contributed by atoms with Crippen molar-refractivity contribution in [2.45, 2.75) is 71.0 Å². The van der Waals surface area contributed by atoms with Gasteiger partial charge in [0.1, 0.15) is 12.6 Å². The first-order valence-electron chi connectivity index (χ1n) is 15.3. The van der Waals surface area contributed by atoms with Crippen molar-refractivity contribution < 1.29 is 18.0 Å². The lowest BCUT2D eigenvalue weighted by molar-refractivity contribution is -0.140. The number of aryl methyl sites for hydroxylation is 3. The van der Waals surface area contributed by atoms with E-state index in [0.717, 1.165) is 26.6 Å². The molecular weight excluding hydrogens is 653 g/mol. The van der Waals surface area contributed by atoms with Crippen LogP contribution in [0.3, 0.4) is 0 Å². The predicted octanol–water partition coefficient (Wildman–Crippen LogP) is 7.67. The summed E-state index contributed by atoms with van der Waals surface area (Å²) in [4.78, 5) is 30.2. The summed E-state index contributed by atoms with van der Waals surface area (Å²) in [5, 5.41) is 3.68. The molecule has 10 heteroatoms. The summed E-state index contributed by atoms with van der Waals surface area (Å²) in [5.74, 6) is -0.926. The van der Waals surface area contributed by atoms with Crippen molar-refractivity contribution in [3.05, 3.63) is 129 Å². The molecule has 0 aliphatic rings. The first-order chi connectivity index (χ1) is 22.0. The second kappa shape index (κ2) is 14.9. The Hall–Kier alpha value is -3.85. The van der Waals surface area contributed by atoms with Gasteiger partial charge in [0.25, 0.3) is 10.0 Å². The maximum absolute atomic E-state index is 14.7. The Morgan fingerprint density at radius 1 is 0.766 bits per heavy atom. The van der Waals surface area contributed by atoms with Crippen LogP contribution in [0.15, 0.2) is 95.9 Å². The van der Waals surface area contributed by atoms with Crippen molar-refractivity contribution in [3.8, 4) is 0 Å². The van der Waals surface area contributed by atoms with Crippen LogP contribution in [-0.2, 0) is 32.6 Å². The van der Waals surface area contributed by atoms with Crippen LogP contribution < -0.4 is 9.62 Å². The second-order valence-electron chi connectivity index (χ2n) is 12.9. The summed E-state index contributed by atoms with van der Waals surface area (Å²) in [6.45, 7) is 10.7. The molecule has 4 rings (SSSR count). The molecular formula is C37H41Cl2N3O4S. The lowest BCUT2D eigenvalue weighted by Gasteiger charge is -2.35. The molecule has 2 amide bonds. The summed E-state index contributed by atoms with van der Waals surface area (Å²) in [7, 11) is -4.21. The van der Waals surface area contributed by atoms with Crippen LogP contribution in [-0.4, -0.2) is 43.3 Å². The summed E-state index contributed by atoms with van der Waals surface area (Å²) >= 11 is 12.6. The zero-order valence-corrected chi connectivity index (χ0v) is 29.9. The number of nitrogens with one attached hydrogen (secondary N) is 1. The fraction of sp³-hybridized carbons (Fsp3) is 0.297. The predicted molar refractivity (Wildman–Crippen MR) is 190 cm³/mol. The Labute approximate surface area is 288 Å². The van der Waals surface area contributed by atoms with Gasteiger partial charge >= 0.3 is 0 Å².